The van der Waals surface area contributed by atoms with Gasteiger partial charge in [0.2, 0.25) is 0 Å². The standard InChI is InChI=1S/C29H34N2O5S/c1-7-20-11-10-12-21(8-2)25(20)30-26(32)18(5)36-23-15-13-22(14-16-23)27(33)31-28-24(29(34)35-9-3)17(4)19(6)37-28/h10-16,18H,7-9H2,1-6H3,(H,30,32)(H,31,33)/t18-/m0/s1. The number of ether oxygens (including phenoxy) is 2. The molecule has 2 aromatic carbocycles. The van der Waals surface area contributed by atoms with Crippen molar-refractivity contribution < 1.29 is 23.9 Å². The normalized spacial score (nSPS) is 11.5. The number of hydrogen-bond donors (Lipinski definition) is 2. The minimum absolute atomic E-state index is 0.243. The Kier molecular flexibility index (Phi) is 9.47. The van der Waals surface area contributed by atoms with E-state index in [2.05, 4.69) is 24.5 Å². The van der Waals surface area contributed by atoms with E-state index in [4.69, 9.17) is 9.47 Å². The van der Waals surface area contributed by atoms with Crippen LogP contribution in [0.2, 0.25) is 0 Å². The second-order valence-electron chi connectivity index (χ2n) is 8.59. The van der Waals surface area contributed by atoms with E-state index in [1.54, 1.807) is 38.1 Å². The van der Waals surface area contributed by atoms with Crippen LogP contribution in [-0.4, -0.2) is 30.5 Å². The van der Waals surface area contributed by atoms with Gasteiger partial charge in [-0.3, -0.25) is 9.59 Å². The Balaban J connectivity index is 1.67. The molecule has 7 nitrogen and oxygen atoms in total. The van der Waals surface area contributed by atoms with Gasteiger partial charge in [-0.2, -0.15) is 0 Å². The molecule has 0 unspecified atom stereocenters. The van der Waals surface area contributed by atoms with E-state index >= 15 is 0 Å². The summed E-state index contributed by atoms with van der Waals surface area (Å²) in [5, 5.41) is 6.31. The Labute approximate surface area is 222 Å². The zero-order valence-corrected chi connectivity index (χ0v) is 23.0. The predicted octanol–water partition coefficient (Wildman–Crippen LogP) is 6.32. The van der Waals surface area contributed by atoms with E-state index in [1.165, 1.54) is 11.3 Å². The van der Waals surface area contributed by atoms with Crippen molar-refractivity contribution in [1.29, 1.82) is 0 Å². The van der Waals surface area contributed by atoms with Crippen molar-refractivity contribution in [3.8, 4) is 5.75 Å². The Morgan fingerprint density at radius 2 is 1.54 bits per heavy atom. The zero-order chi connectivity index (χ0) is 27.1. The zero-order valence-electron chi connectivity index (χ0n) is 22.2. The molecule has 196 valence electrons. The fraction of sp³-hybridized carbons (Fsp3) is 0.345. The van der Waals surface area contributed by atoms with Gasteiger partial charge >= 0.3 is 5.97 Å². The summed E-state index contributed by atoms with van der Waals surface area (Å²) in [7, 11) is 0. The quantitative estimate of drug-likeness (QED) is 0.304. The third kappa shape index (κ3) is 6.57. The maximum atomic E-state index is 12.9. The Hall–Kier alpha value is -3.65. The number of thiophene rings is 1. The van der Waals surface area contributed by atoms with Gasteiger partial charge in [0, 0.05) is 16.1 Å². The number of rotatable bonds is 10. The third-order valence-corrected chi connectivity index (χ3v) is 7.26. The van der Waals surface area contributed by atoms with E-state index in [-0.39, 0.29) is 18.4 Å². The molecule has 0 fully saturated rings. The van der Waals surface area contributed by atoms with Gasteiger partial charge < -0.3 is 20.1 Å². The number of benzene rings is 2. The minimum Gasteiger partial charge on any atom is -0.481 e. The molecule has 0 spiro atoms. The first-order valence-corrected chi connectivity index (χ1v) is 13.3. The summed E-state index contributed by atoms with van der Waals surface area (Å²) in [5.41, 5.74) is 4.58. The molecule has 0 saturated heterocycles. The average Bonchev–Trinajstić information content (AvgIpc) is 3.16. The van der Waals surface area contributed by atoms with Crippen LogP contribution < -0.4 is 15.4 Å². The van der Waals surface area contributed by atoms with Gasteiger partial charge in [0.15, 0.2) is 6.10 Å². The number of amides is 2. The Morgan fingerprint density at radius 3 is 2.11 bits per heavy atom. The highest BCUT2D eigenvalue weighted by Gasteiger charge is 2.23. The van der Waals surface area contributed by atoms with Crippen LogP contribution in [0.25, 0.3) is 0 Å². The van der Waals surface area contributed by atoms with Crippen molar-refractivity contribution in [3.05, 3.63) is 75.2 Å². The fourth-order valence-corrected chi connectivity index (χ4v) is 4.95. The lowest BCUT2D eigenvalue weighted by Crippen LogP contribution is -2.31. The van der Waals surface area contributed by atoms with Gasteiger partial charge in [-0.15, -0.1) is 11.3 Å². The Bertz CT molecular complexity index is 1260. The second kappa shape index (κ2) is 12.5. The summed E-state index contributed by atoms with van der Waals surface area (Å²) in [6, 6.07) is 12.6. The average molecular weight is 523 g/mol. The van der Waals surface area contributed by atoms with Crippen LogP contribution in [0, 0.1) is 13.8 Å². The molecule has 1 heterocycles. The number of para-hydroxylation sites is 1. The first kappa shape index (κ1) is 27.9. The van der Waals surface area contributed by atoms with Crippen LogP contribution in [0.5, 0.6) is 5.75 Å². The van der Waals surface area contributed by atoms with Crippen LogP contribution in [0.3, 0.4) is 0 Å². The summed E-state index contributed by atoms with van der Waals surface area (Å²) < 4.78 is 11.0. The van der Waals surface area contributed by atoms with Gasteiger partial charge in [0.1, 0.15) is 10.8 Å². The number of esters is 1. The molecule has 1 atom stereocenters. The van der Waals surface area contributed by atoms with Gasteiger partial charge in [-0.25, -0.2) is 4.79 Å². The molecule has 0 aliphatic heterocycles. The summed E-state index contributed by atoms with van der Waals surface area (Å²) in [4.78, 5) is 39.1. The number of nitrogens with one attached hydrogen (secondary N) is 2. The monoisotopic (exact) mass is 522 g/mol. The molecule has 0 aliphatic rings. The molecule has 0 aliphatic carbocycles. The molecule has 37 heavy (non-hydrogen) atoms. The molecule has 0 radical (unpaired) electrons. The van der Waals surface area contributed by atoms with Gasteiger partial charge in [-0.1, -0.05) is 32.0 Å². The largest absolute Gasteiger partial charge is 0.481 e. The molecule has 3 rings (SSSR count). The fourth-order valence-electron chi connectivity index (χ4n) is 3.91. The highest BCUT2D eigenvalue weighted by atomic mass is 32.1. The number of hydrogen-bond acceptors (Lipinski definition) is 6. The maximum absolute atomic E-state index is 12.9. The molecule has 0 bridgehead atoms. The molecule has 2 N–H and O–H groups in total. The van der Waals surface area contributed by atoms with Crippen LogP contribution in [0.15, 0.2) is 42.5 Å². The van der Waals surface area contributed by atoms with Crippen LogP contribution in [0.1, 0.15) is 70.0 Å². The molecule has 2 amide bonds. The predicted molar refractivity (Wildman–Crippen MR) is 148 cm³/mol. The van der Waals surface area contributed by atoms with Crippen molar-refractivity contribution >= 4 is 39.8 Å². The van der Waals surface area contributed by atoms with Crippen LogP contribution in [0.4, 0.5) is 10.7 Å². The Morgan fingerprint density at radius 1 is 0.919 bits per heavy atom. The van der Waals surface area contributed by atoms with Gasteiger partial charge in [-0.05, 0) is 81.5 Å². The van der Waals surface area contributed by atoms with Gasteiger partial charge in [0.25, 0.3) is 11.8 Å². The van der Waals surface area contributed by atoms with Crippen molar-refractivity contribution in [2.75, 3.05) is 17.2 Å². The maximum Gasteiger partial charge on any atom is 0.341 e. The van der Waals surface area contributed by atoms with Crippen molar-refractivity contribution in [1.82, 2.24) is 0 Å². The first-order valence-electron chi connectivity index (χ1n) is 12.5. The van der Waals surface area contributed by atoms with Crippen LogP contribution >= 0.6 is 11.3 Å². The molecule has 1 aromatic heterocycles. The summed E-state index contributed by atoms with van der Waals surface area (Å²) >= 11 is 1.34. The summed E-state index contributed by atoms with van der Waals surface area (Å²) in [6.45, 7) is 11.5. The summed E-state index contributed by atoms with van der Waals surface area (Å²) in [5.74, 6) is -0.586. The van der Waals surface area contributed by atoms with E-state index < -0.39 is 12.1 Å². The van der Waals surface area contributed by atoms with E-state index in [0.29, 0.717) is 21.9 Å². The SMILES string of the molecule is CCOC(=O)c1c(NC(=O)c2ccc(O[C@@H](C)C(=O)Nc3c(CC)cccc3CC)cc2)sc(C)c1C. The van der Waals surface area contributed by atoms with Crippen molar-refractivity contribution in [2.45, 2.75) is 60.5 Å². The highest BCUT2D eigenvalue weighted by molar-refractivity contribution is 7.16. The lowest BCUT2D eigenvalue weighted by atomic mass is 10.0. The lowest BCUT2D eigenvalue weighted by molar-refractivity contribution is -0.122. The van der Waals surface area contributed by atoms with E-state index in [1.807, 2.05) is 32.0 Å². The van der Waals surface area contributed by atoms with Gasteiger partial charge in [0.05, 0.1) is 12.2 Å². The third-order valence-electron chi connectivity index (χ3n) is 6.14. The molecule has 3 aromatic rings. The van der Waals surface area contributed by atoms with E-state index in [0.717, 1.165) is 40.1 Å². The topological polar surface area (TPSA) is 93.7 Å². The van der Waals surface area contributed by atoms with Crippen LogP contribution in [-0.2, 0) is 22.4 Å². The number of anilines is 2. The smallest absolute Gasteiger partial charge is 0.341 e. The van der Waals surface area contributed by atoms with Crippen molar-refractivity contribution in [2.24, 2.45) is 0 Å². The highest BCUT2D eigenvalue weighted by Crippen LogP contribution is 2.33. The van der Waals surface area contributed by atoms with E-state index in [9.17, 15) is 14.4 Å². The molecular weight excluding hydrogens is 488 g/mol. The number of carbonyl (C=O) groups is 3. The summed E-state index contributed by atoms with van der Waals surface area (Å²) in [6.07, 6.45) is 0.890. The number of carbonyl (C=O) groups excluding carboxylic acids is 3. The first-order chi connectivity index (χ1) is 17.7. The minimum atomic E-state index is -0.737. The molecule has 8 heteroatoms. The molecule has 0 saturated carbocycles. The number of aryl methyl sites for hydroxylation is 3. The van der Waals surface area contributed by atoms with Crippen molar-refractivity contribution in [3.63, 3.8) is 0 Å². The molecular formula is C29H34N2O5S. The second-order valence-corrected chi connectivity index (χ2v) is 9.82. The lowest BCUT2D eigenvalue weighted by Gasteiger charge is -2.18.